The molecule has 0 saturated carbocycles. The maximum absolute atomic E-state index is 10.8. The number of carbonyl (C=O) groups excluding carboxylic acids is 2. The average Bonchev–Trinajstić information content (AvgIpc) is 2.55. The Labute approximate surface area is 136 Å². The zero-order chi connectivity index (χ0) is 14.8. The standard InChI is InChI=1S/2C8H7O2.Zn/c2*1-10-8(9)7-5-3-2-4-6-7;/h2*3-6H,1H3;/q2*-1;+2. The molecule has 0 fully saturated rings. The van der Waals surface area contributed by atoms with E-state index in [2.05, 4.69) is 21.6 Å². The van der Waals surface area contributed by atoms with Crippen molar-refractivity contribution in [2.45, 2.75) is 0 Å². The molecule has 4 nitrogen and oxygen atoms in total. The van der Waals surface area contributed by atoms with Crippen LogP contribution in [0.4, 0.5) is 0 Å². The van der Waals surface area contributed by atoms with E-state index in [-0.39, 0.29) is 31.4 Å². The van der Waals surface area contributed by atoms with E-state index in [0.29, 0.717) is 11.1 Å². The normalized spacial score (nSPS) is 8.48. The Morgan fingerprint density at radius 1 is 0.762 bits per heavy atom. The molecule has 0 N–H and O–H groups in total. The molecular weight excluding hydrogens is 322 g/mol. The molecule has 0 aromatic heterocycles. The molecular formula is C16H14O4Zn. The number of carbonyl (C=O) groups is 2. The monoisotopic (exact) mass is 334 g/mol. The zero-order valence-electron chi connectivity index (χ0n) is 12.0. The molecule has 104 valence electrons. The van der Waals surface area contributed by atoms with Gasteiger partial charge in [-0.15, -0.1) is 0 Å². The second kappa shape index (κ2) is 10.8. The van der Waals surface area contributed by atoms with Gasteiger partial charge < -0.3 is 9.47 Å². The first kappa shape index (κ1) is 19.0. The van der Waals surface area contributed by atoms with Crippen molar-refractivity contribution in [3.05, 3.63) is 71.8 Å². The predicted molar refractivity (Wildman–Crippen MR) is 73.2 cm³/mol. The molecule has 0 bridgehead atoms. The number of benzene rings is 2. The van der Waals surface area contributed by atoms with Gasteiger partial charge in [0.1, 0.15) is 0 Å². The number of hydrogen-bond donors (Lipinski definition) is 0. The fraction of sp³-hybridized carbons (Fsp3) is 0.125. The van der Waals surface area contributed by atoms with Gasteiger partial charge in [0.15, 0.2) is 0 Å². The first-order chi connectivity index (χ1) is 9.69. The van der Waals surface area contributed by atoms with E-state index in [4.69, 9.17) is 0 Å². The molecule has 0 amide bonds. The molecule has 2 aromatic carbocycles. The van der Waals surface area contributed by atoms with E-state index < -0.39 is 0 Å². The molecule has 0 aliphatic heterocycles. The summed E-state index contributed by atoms with van der Waals surface area (Å²) in [5.41, 5.74) is 1.11. The predicted octanol–water partition coefficient (Wildman–Crippen LogP) is 2.54. The molecule has 0 aliphatic rings. The van der Waals surface area contributed by atoms with Gasteiger partial charge in [-0.3, -0.25) is 0 Å². The quantitative estimate of drug-likeness (QED) is 0.481. The Balaban J connectivity index is 0.000000364. The third kappa shape index (κ3) is 6.82. The largest absolute Gasteiger partial charge is 2.00 e. The van der Waals surface area contributed by atoms with Gasteiger partial charge in [0, 0.05) is 0 Å². The van der Waals surface area contributed by atoms with Crippen LogP contribution in [0.15, 0.2) is 48.5 Å². The molecule has 5 heteroatoms. The van der Waals surface area contributed by atoms with Crippen LogP contribution in [-0.2, 0) is 29.0 Å². The number of esters is 2. The van der Waals surface area contributed by atoms with Gasteiger partial charge >= 0.3 is 31.4 Å². The molecule has 0 aliphatic carbocycles. The van der Waals surface area contributed by atoms with Crippen LogP contribution in [0.2, 0.25) is 0 Å². The summed E-state index contributed by atoms with van der Waals surface area (Å²) in [6.45, 7) is 0. The van der Waals surface area contributed by atoms with Gasteiger partial charge in [0.2, 0.25) is 0 Å². The minimum atomic E-state index is -0.311. The molecule has 21 heavy (non-hydrogen) atoms. The zero-order valence-corrected chi connectivity index (χ0v) is 14.9. The summed E-state index contributed by atoms with van der Waals surface area (Å²) in [6, 6.07) is 18.9. The third-order valence-corrected chi connectivity index (χ3v) is 2.28. The maximum Gasteiger partial charge on any atom is 2.00 e. The molecule has 2 aromatic rings. The van der Waals surface area contributed by atoms with Crippen molar-refractivity contribution < 1.29 is 38.5 Å². The van der Waals surface area contributed by atoms with E-state index in [1.807, 2.05) is 0 Å². The molecule has 0 saturated heterocycles. The Hall–Kier alpha value is -2.00. The summed E-state index contributed by atoms with van der Waals surface area (Å²) in [6.07, 6.45) is 0. The van der Waals surface area contributed by atoms with E-state index in [9.17, 15) is 9.59 Å². The summed E-state index contributed by atoms with van der Waals surface area (Å²) in [7, 11) is 2.72. The van der Waals surface area contributed by atoms with E-state index in [1.165, 1.54) is 14.2 Å². The van der Waals surface area contributed by atoms with Crippen molar-refractivity contribution in [1.29, 1.82) is 0 Å². The molecule has 0 heterocycles. The van der Waals surface area contributed by atoms with Crippen molar-refractivity contribution in [2.24, 2.45) is 0 Å². The van der Waals surface area contributed by atoms with Gasteiger partial charge in [0.05, 0.1) is 14.2 Å². The van der Waals surface area contributed by atoms with E-state index >= 15 is 0 Å². The third-order valence-electron chi connectivity index (χ3n) is 2.28. The second-order valence-electron chi connectivity index (χ2n) is 3.56. The molecule has 0 radical (unpaired) electrons. The van der Waals surface area contributed by atoms with Crippen LogP contribution in [0.5, 0.6) is 0 Å². The summed E-state index contributed by atoms with van der Waals surface area (Å²) in [5.74, 6) is -0.622. The van der Waals surface area contributed by atoms with Crippen LogP contribution >= 0.6 is 0 Å². The number of methoxy groups -OCH3 is 2. The molecule has 0 atom stereocenters. The summed E-state index contributed by atoms with van der Waals surface area (Å²) in [5, 5.41) is 0. The first-order valence-electron chi connectivity index (χ1n) is 5.78. The summed E-state index contributed by atoms with van der Waals surface area (Å²) < 4.78 is 8.97. The maximum atomic E-state index is 10.8. The fourth-order valence-electron chi connectivity index (χ4n) is 1.28. The average molecular weight is 336 g/mol. The number of hydrogen-bond acceptors (Lipinski definition) is 4. The molecule has 0 spiro atoms. The Kier molecular flexibility index (Phi) is 9.73. The van der Waals surface area contributed by atoms with Crippen LogP contribution in [-0.4, -0.2) is 26.2 Å². The Bertz CT molecular complexity index is 489. The van der Waals surface area contributed by atoms with E-state index in [0.717, 1.165) is 0 Å². The fourth-order valence-corrected chi connectivity index (χ4v) is 1.28. The number of ether oxygens (including phenoxy) is 2. The summed E-state index contributed by atoms with van der Waals surface area (Å²) >= 11 is 0. The molecule has 0 unspecified atom stereocenters. The van der Waals surface area contributed by atoms with Crippen molar-refractivity contribution in [3.8, 4) is 0 Å². The Morgan fingerprint density at radius 3 is 1.29 bits per heavy atom. The SMILES string of the molecule is COC(=O)c1cc[c-]cc1.COC(=O)c1cc[c-]cc1.[Zn+2]. The van der Waals surface area contributed by atoms with Crippen LogP contribution in [0, 0.1) is 12.1 Å². The minimum Gasteiger partial charge on any atom is -0.467 e. The van der Waals surface area contributed by atoms with Crippen molar-refractivity contribution in [2.75, 3.05) is 14.2 Å². The summed E-state index contributed by atoms with van der Waals surface area (Å²) in [4.78, 5) is 21.6. The van der Waals surface area contributed by atoms with Crippen LogP contribution < -0.4 is 0 Å². The van der Waals surface area contributed by atoms with Crippen LogP contribution in [0.25, 0.3) is 0 Å². The van der Waals surface area contributed by atoms with Crippen molar-refractivity contribution >= 4 is 11.9 Å². The van der Waals surface area contributed by atoms with Crippen LogP contribution in [0.3, 0.4) is 0 Å². The molecule has 2 rings (SSSR count). The topological polar surface area (TPSA) is 52.6 Å². The van der Waals surface area contributed by atoms with Gasteiger partial charge in [-0.25, -0.2) is 9.59 Å². The van der Waals surface area contributed by atoms with Gasteiger partial charge in [-0.1, -0.05) is 0 Å². The van der Waals surface area contributed by atoms with Gasteiger partial charge in [-0.05, 0) is 11.1 Å². The van der Waals surface area contributed by atoms with E-state index in [1.54, 1.807) is 48.5 Å². The second-order valence-corrected chi connectivity index (χ2v) is 3.56. The van der Waals surface area contributed by atoms with Crippen LogP contribution in [0.1, 0.15) is 20.7 Å². The van der Waals surface area contributed by atoms with Gasteiger partial charge in [-0.2, -0.15) is 60.7 Å². The van der Waals surface area contributed by atoms with Crippen molar-refractivity contribution in [1.82, 2.24) is 0 Å². The first-order valence-corrected chi connectivity index (χ1v) is 5.78. The number of rotatable bonds is 2. The Morgan fingerprint density at radius 2 is 1.05 bits per heavy atom. The smallest absolute Gasteiger partial charge is 0.467 e. The van der Waals surface area contributed by atoms with Gasteiger partial charge in [0.25, 0.3) is 0 Å². The minimum absolute atomic E-state index is 0. The van der Waals surface area contributed by atoms with Crippen molar-refractivity contribution in [3.63, 3.8) is 0 Å².